The van der Waals surface area contributed by atoms with E-state index in [4.69, 9.17) is 0 Å². The van der Waals surface area contributed by atoms with Crippen molar-refractivity contribution in [1.82, 2.24) is 20.1 Å². The summed E-state index contributed by atoms with van der Waals surface area (Å²) >= 11 is 2.98. The van der Waals surface area contributed by atoms with E-state index < -0.39 is 0 Å². The zero-order valence-electron chi connectivity index (χ0n) is 16.1. The number of anilines is 1. The van der Waals surface area contributed by atoms with E-state index in [2.05, 4.69) is 15.2 Å². The molecule has 1 aliphatic heterocycles. The maximum absolute atomic E-state index is 12.6. The van der Waals surface area contributed by atoms with E-state index in [0.717, 1.165) is 5.82 Å². The molecule has 1 aromatic carbocycles. The molecule has 11 heteroatoms. The topological polar surface area (TPSA) is 108 Å². The lowest BCUT2D eigenvalue weighted by molar-refractivity contribution is -0.384. The molecule has 1 saturated heterocycles. The van der Waals surface area contributed by atoms with Crippen LogP contribution in [0.25, 0.3) is 0 Å². The van der Waals surface area contributed by atoms with Crippen molar-refractivity contribution in [3.05, 3.63) is 62.6 Å². The van der Waals surface area contributed by atoms with E-state index in [1.54, 1.807) is 34.4 Å². The molecule has 1 aliphatic rings. The van der Waals surface area contributed by atoms with Crippen molar-refractivity contribution in [2.75, 3.05) is 36.8 Å². The number of nitrogens with one attached hydrogen (secondary N) is 1. The van der Waals surface area contributed by atoms with Gasteiger partial charge >= 0.3 is 0 Å². The van der Waals surface area contributed by atoms with Crippen LogP contribution in [-0.2, 0) is 11.2 Å². The summed E-state index contributed by atoms with van der Waals surface area (Å²) in [6, 6.07) is 10.8. The van der Waals surface area contributed by atoms with Crippen LogP contribution >= 0.6 is 23.1 Å². The first-order valence-electron chi connectivity index (χ1n) is 9.43. The number of thiophene rings is 1. The standard InChI is InChI=1S/C19H20N6O3S2/c26-18(13-30-19-20-17(21-22-19)12-14-4-3-11-29-14)24-9-7-23(8-10-24)15-5-1-2-6-16(15)25(27)28/h1-6,11H,7-10,12-13H2,(H,20,21,22). The Morgan fingerprint density at radius 1 is 1.20 bits per heavy atom. The summed E-state index contributed by atoms with van der Waals surface area (Å²) < 4.78 is 0. The predicted molar refractivity (Wildman–Crippen MR) is 116 cm³/mol. The highest BCUT2D eigenvalue weighted by atomic mass is 32.2. The van der Waals surface area contributed by atoms with Gasteiger partial charge in [-0.25, -0.2) is 4.98 Å². The fourth-order valence-electron chi connectivity index (χ4n) is 3.30. The molecular weight excluding hydrogens is 424 g/mol. The number of para-hydroxylation sites is 2. The second-order valence-corrected chi connectivity index (χ2v) is 8.70. The number of nitro groups is 1. The van der Waals surface area contributed by atoms with Crippen molar-refractivity contribution < 1.29 is 9.72 Å². The summed E-state index contributed by atoms with van der Waals surface area (Å²) in [5.74, 6) is 1.07. The summed E-state index contributed by atoms with van der Waals surface area (Å²) in [7, 11) is 0. The van der Waals surface area contributed by atoms with Gasteiger partial charge in [-0.2, -0.15) is 0 Å². The van der Waals surface area contributed by atoms with Gasteiger partial charge in [0.25, 0.3) is 5.69 Å². The number of rotatable bonds is 7. The van der Waals surface area contributed by atoms with E-state index in [0.29, 0.717) is 43.4 Å². The third-order valence-corrected chi connectivity index (χ3v) is 6.52. The number of amides is 1. The highest BCUT2D eigenvalue weighted by Crippen LogP contribution is 2.28. The molecule has 0 saturated carbocycles. The van der Waals surface area contributed by atoms with Gasteiger partial charge in [-0.3, -0.25) is 20.0 Å². The number of hydrogen-bond acceptors (Lipinski definition) is 8. The first-order chi connectivity index (χ1) is 14.6. The lowest BCUT2D eigenvalue weighted by Crippen LogP contribution is -2.49. The van der Waals surface area contributed by atoms with Crippen LogP contribution in [0.3, 0.4) is 0 Å². The van der Waals surface area contributed by atoms with Gasteiger partial charge in [0.05, 0.1) is 10.7 Å². The maximum Gasteiger partial charge on any atom is 0.292 e. The number of thioether (sulfide) groups is 1. The van der Waals surface area contributed by atoms with Crippen molar-refractivity contribution in [3.8, 4) is 0 Å². The normalized spacial score (nSPS) is 14.1. The summed E-state index contributed by atoms with van der Waals surface area (Å²) in [6.45, 7) is 2.19. The fraction of sp³-hybridized carbons (Fsp3) is 0.316. The lowest BCUT2D eigenvalue weighted by Gasteiger charge is -2.35. The molecule has 3 heterocycles. The van der Waals surface area contributed by atoms with Crippen LogP contribution in [0.1, 0.15) is 10.7 Å². The summed E-state index contributed by atoms with van der Waals surface area (Å²) in [5, 5.41) is 20.9. The lowest BCUT2D eigenvalue weighted by atomic mass is 10.2. The average molecular weight is 445 g/mol. The van der Waals surface area contributed by atoms with Gasteiger partial charge in [0.15, 0.2) is 0 Å². The van der Waals surface area contributed by atoms with Crippen LogP contribution in [0, 0.1) is 10.1 Å². The third-order valence-electron chi connectivity index (χ3n) is 4.81. The number of carbonyl (C=O) groups excluding carboxylic acids is 1. The van der Waals surface area contributed by atoms with Crippen molar-refractivity contribution in [3.63, 3.8) is 0 Å². The van der Waals surface area contributed by atoms with E-state index >= 15 is 0 Å². The van der Waals surface area contributed by atoms with Gasteiger partial charge in [0, 0.05) is 43.5 Å². The van der Waals surface area contributed by atoms with Crippen LogP contribution in [0.2, 0.25) is 0 Å². The van der Waals surface area contributed by atoms with Gasteiger partial charge in [-0.15, -0.1) is 16.4 Å². The highest BCUT2D eigenvalue weighted by Gasteiger charge is 2.25. The number of piperazine rings is 1. The van der Waals surface area contributed by atoms with Crippen LogP contribution in [0.15, 0.2) is 46.9 Å². The molecule has 0 unspecified atom stereocenters. The molecule has 30 heavy (non-hydrogen) atoms. The van der Waals surface area contributed by atoms with Crippen molar-refractivity contribution in [2.45, 2.75) is 11.6 Å². The highest BCUT2D eigenvalue weighted by molar-refractivity contribution is 7.99. The Hall–Kier alpha value is -2.92. The van der Waals surface area contributed by atoms with Gasteiger partial charge < -0.3 is 9.80 Å². The predicted octanol–water partition coefficient (Wildman–Crippen LogP) is 2.81. The number of nitrogens with zero attached hydrogens (tertiary/aromatic N) is 5. The second-order valence-electron chi connectivity index (χ2n) is 6.72. The van der Waals surface area contributed by atoms with Gasteiger partial charge in [0.1, 0.15) is 11.5 Å². The zero-order chi connectivity index (χ0) is 20.9. The number of nitro benzene ring substituents is 1. The van der Waals surface area contributed by atoms with E-state index in [1.165, 1.54) is 22.7 Å². The van der Waals surface area contributed by atoms with Crippen molar-refractivity contribution in [1.29, 1.82) is 0 Å². The van der Waals surface area contributed by atoms with Crippen molar-refractivity contribution in [2.24, 2.45) is 0 Å². The quantitative estimate of drug-likeness (QED) is 0.339. The molecule has 0 spiro atoms. The molecular formula is C19H20N6O3S2. The fourth-order valence-corrected chi connectivity index (χ4v) is 4.73. The van der Waals surface area contributed by atoms with Crippen LogP contribution in [0.5, 0.6) is 0 Å². The first-order valence-corrected chi connectivity index (χ1v) is 11.3. The molecule has 9 nitrogen and oxygen atoms in total. The number of aromatic nitrogens is 3. The molecule has 1 amide bonds. The minimum Gasteiger partial charge on any atom is -0.362 e. The first kappa shape index (κ1) is 20.4. The Morgan fingerprint density at radius 3 is 2.73 bits per heavy atom. The van der Waals surface area contributed by atoms with E-state index in [9.17, 15) is 14.9 Å². The Bertz CT molecular complexity index is 1010. The minimum absolute atomic E-state index is 0.0202. The third kappa shape index (κ3) is 4.79. The van der Waals surface area contributed by atoms with Crippen molar-refractivity contribution >= 4 is 40.4 Å². The second kappa shape index (κ2) is 9.26. The summed E-state index contributed by atoms with van der Waals surface area (Å²) in [5.41, 5.74) is 0.693. The number of carbonyl (C=O) groups is 1. The van der Waals surface area contributed by atoms with Gasteiger partial charge in [-0.1, -0.05) is 30.0 Å². The Morgan fingerprint density at radius 2 is 2.00 bits per heavy atom. The van der Waals surface area contributed by atoms with E-state index in [-0.39, 0.29) is 22.3 Å². The number of benzene rings is 1. The number of aromatic amines is 1. The molecule has 0 bridgehead atoms. The molecule has 0 atom stereocenters. The Balaban J connectivity index is 1.27. The van der Waals surface area contributed by atoms with Crippen LogP contribution in [-0.4, -0.2) is 62.8 Å². The number of hydrogen-bond donors (Lipinski definition) is 1. The Labute approximate surface area is 181 Å². The maximum atomic E-state index is 12.6. The molecule has 4 rings (SSSR count). The Kier molecular flexibility index (Phi) is 6.29. The zero-order valence-corrected chi connectivity index (χ0v) is 17.7. The van der Waals surface area contributed by atoms with Gasteiger partial charge in [0.2, 0.25) is 11.1 Å². The smallest absolute Gasteiger partial charge is 0.292 e. The van der Waals surface area contributed by atoms with Gasteiger partial charge in [-0.05, 0) is 17.5 Å². The average Bonchev–Trinajstić information content (AvgIpc) is 3.44. The molecule has 3 aromatic rings. The molecule has 0 radical (unpaired) electrons. The van der Waals surface area contributed by atoms with Crippen LogP contribution < -0.4 is 4.90 Å². The summed E-state index contributed by atoms with van der Waals surface area (Å²) in [6.07, 6.45) is 0.701. The molecule has 1 fully saturated rings. The largest absolute Gasteiger partial charge is 0.362 e. The molecule has 2 aromatic heterocycles. The monoisotopic (exact) mass is 444 g/mol. The molecule has 156 valence electrons. The number of H-pyrrole nitrogens is 1. The molecule has 1 N–H and O–H groups in total. The SMILES string of the molecule is O=C(CSc1n[nH]c(Cc2cccs2)n1)N1CCN(c2ccccc2[N+](=O)[O-])CC1. The van der Waals surface area contributed by atoms with Crippen LogP contribution in [0.4, 0.5) is 11.4 Å². The van der Waals surface area contributed by atoms with E-state index in [1.807, 2.05) is 22.4 Å². The molecule has 0 aliphatic carbocycles. The minimum atomic E-state index is -0.368. The summed E-state index contributed by atoms with van der Waals surface area (Å²) in [4.78, 5) is 32.8.